The van der Waals surface area contributed by atoms with Crippen LogP contribution in [0.1, 0.15) is 31.4 Å². The normalized spacial score (nSPS) is 26.5. The van der Waals surface area contributed by atoms with E-state index in [-0.39, 0.29) is 0 Å². The summed E-state index contributed by atoms with van der Waals surface area (Å²) in [4.78, 5) is 8.27. The van der Waals surface area contributed by atoms with Crippen molar-refractivity contribution in [2.45, 2.75) is 44.3 Å². The number of nitrogens with one attached hydrogen (secondary N) is 1. The second-order valence-electron chi connectivity index (χ2n) is 4.19. The topological polar surface area (TPSA) is 63.8 Å². The van der Waals surface area contributed by atoms with Crippen LogP contribution in [0.4, 0.5) is 0 Å². The molecular weight excluding hydrogens is 188 g/mol. The Balaban J connectivity index is 1.74. The molecule has 0 amide bonds. The second kappa shape index (κ2) is 5.19. The highest BCUT2D eigenvalue weighted by atomic mass is 14.9. The molecule has 3 N–H and O–H groups in total. The third-order valence-corrected chi connectivity index (χ3v) is 2.96. The first-order chi connectivity index (χ1) is 7.34. The summed E-state index contributed by atoms with van der Waals surface area (Å²) in [5, 5.41) is 3.50. The highest BCUT2D eigenvalue weighted by Gasteiger charge is 2.17. The van der Waals surface area contributed by atoms with Crippen LogP contribution in [0.25, 0.3) is 0 Å². The van der Waals surface area contributed by atoms with Crippen LogP contribution in [0.5, 0.6) is 0 Å². The van der Waals surface area contributed by atoms with Crippen LogP contribution in [0.3, 0.4) is 0 Å². The lowest BCUT2D eigenvalue weighted by atomic mass is 9.92. The van der Waals surface area contributed by atoms with Gasteiger partial charge in [-0.25, -0.2) is 0 Å². The number of nitrogens with two attached hydrogens (primary N) is 1. The number of hydrogen-bond acceptors (Lipinski definition) is 4. The van der Waals surface area contributed by atoms with E-state index in [1.54, 1.807) is 12.4 Å². The highest BCUT2D eigenvalue weighted by Crippen LogP contribution is 2.16. The lowest BCUT2D eigenvalue weighted by molar-refractivity contribution is 0.340. The van der Waals surface area contributed by atoms with Crippen molar-refractivity contribution < 1.29 is 0 Å². The van der Waals surface area contributed by atoms with Crippen molar-refractivity contribution in [3.63, 3.8) is 0 Å². The van der Waals surface area contributed by atoms with Gasteiger partial charge in [-0.15, -0.1) is 0 Å². The standard InChI is InChI=1S/C11H18N4/c12-9-1-3-10(4-2-9)15-8-11-7-13-5-6-14-11/h5-7,9-10,15H,1-4,8,12H2. The van der Waals surface area contributed by atoms with Gasteiger partial charge in [0, 0.05) is 37.2 Å². The molecule has 1 aliphatic rings. The molecule has 15 heavy (non-hydrogen) atoms. The number of aromatic nitrogens is 2. The Morgan fingerprint density at radius 1 is 1.27 bits per heavy atom. The van der Waals surface area contributed by atoms with E-state index in [1.165, 1.54) is 12.8 Å². The van der Waals surface area contributed by atoms with Crippen LogP contribution >= 0.6 is 0 Å². The Kier molecular flexibility index (Phi) is 3.64. The summed E-state index contributed by atoms with van der Waals surface area (Å²) in [6.45, 7) is 0.813. The molecule has 1 heterocycles. The van der Waals surface area contributed by atoms with E-state index in [0.29, 0.717) is 12.1 Å². The molecule has 0 spiro atoms. The predicted molar refractivity (Wildman–Crippen MR) is 59.1 cm³/mol. The zero-order valence-electron chi connectivity index (χ0n) is 8.89. The summed E-state index contributed by atoms with van der Waals surface area (Å²) in [6.07, 6.45) is 9.87. The molecule has 0 saturated heterocycles. The molecule has 0 aromatic carbocycles. The van der Waals surface area contributed by atoms with Gasteiger partial charge in [0.2, 0.25) is 0 Å². The number of nitrogens with zero attached hydrogens (tertiary/aromatic N) is 2. The van der Waals surface area contributed by atoms with Crippen molar-refractivity contribution in [1.29, 1.82) is 0 Å². The monoisotopic (exact) mass is 206 g/mol. The molecule has 0 unspecified atom stereocenters. The van der Waals surface area contributed by atoms with E-state index in [4.69, 9.17) is 5.73 Å². The Bertz CT molecular complexity index is 280. The largest absolute Gasteiger partial charge is 0.328 e. The maximum atomic E-state index is 5.85. The Morgan fingerprint density at radius 2 is 2.07 bits per heavy atom. The fraction of sp³-hybridized carbons (Fsp3) is 0.636. The van der Waals surface area contributed by atoms with Crippen LogP contribution in [-0.2, 0) is 6.54 Å². The summed E-state index contributed by atoms with van der Waals surface area (Å²) in [5.74, 6) is 0. The maximum absolute atomic E-state index is 5.85. The third kappa shape index (κ3) is 3.25. The highest BCUT2D eigenvalue weighted by molar-refractivity contribution is 4.94. The van der Waals surface area contributed by atoms with Gasteiger partial charge < -0.3 is 11.1 Å². The maximum Gasteiger partial charge on any atom is 0.0724 e. The quantitative estimate of drug-likeness (QED) is 0.769. The Labute approximate surface area is 90.3 Å². The molecule has 82 valence electrons. The van der Waals surface area contributed by atoms with Crippen molar-refractivity contribution in [2.24, 2.45) is 5.73 Å². The summed E-state index contributed by atoms with van der Waals surface area (Å²) in [5.41, 5.74) is 6.86. The van der Waals surface area contributed by atoms with E-state index < -0.39 is 0 Å². The summed E-state index contributed by atoms with van der Waals surface area (Å²) in [7, 11) is 0. The second-order valence-corrected chi connectivity index (χ2v) is 4.19. The van der Waals surface area contributed by atoms with Gasteiger partial charge in [-0.05, 0) is 25.7 Å². The van der Waals surface area contributed by atoms with Crippen LogP contribution < -0.4 is 11.1 Å². The fourth-order valence-electron chi connectivity index (χ4n) is 1.99. The molecule has 0 aliphatic heterocycles. The molecule has 1 aromatic heterocycles. The Morgan fingerprint density at radius 3 is 2.73 bits per heavy atom. The first-order valence-corrected chi connectivity index (χ1v) is 5.58. The van der Waals surface area contributed by atoms with Crippen LogP contribution in [0, 0.1) is 0 Å². The molecule has 2 rings (SSSR count). The smallest absolute Gasteiger partial charge is 0.0724 e. The molecule has 0 radical (unpaired) electrons. The molecule has 1 aromatic rings. The van der Waals surface area contributed by atoms with E-state index in [9.17, 15) is 0 Å². The molecule has 1 fully saturated rings. The van der Waals surface area contributed by atoms with Gasteiger partial charge >= 0.3 is 0 Å². The molecule has 1 saturated carbocycles. The van der Waals surface area contributed by atoms with E-state index in [2.05, 4.69) is 15.3 Å². The lowest BCUT2D eigenvalue weighted by Crippen LogP contribution is -2.37. The minimum Gasteiger partial charge on any atom is -0.328 e. The van der Waals surface area contributed by atoms with Crippen LogP contribution in [0.2, 0.25) is 0 Å². The van der Waals surface area contributed by atoms with Gasteiger partial charge in [0.1, 0.15) is 0 Å². The van der Waals surface area contributed by atoms with Crippen molar-refractivity contribution in [3.8, 4) is 0 Å². The third-order valence-electron chi connectivity index (χ3n) is 2.96. The minimum absolute atomic E-state index is 0.416. The fourth-order valence-corrected chi connectivity index (χ4v) is 1.99. The lowest BCUT2D eigenvalue weighted by Gasteiger charge is -2.26. The van der Waals surface area contributed by atoms with Crippen molar-refractivity contribution in [2.75, 3.05) is 0 Å². The number of hydrogen-bond donors (Lipinski definition) is 2. The first-order valence-electron chi connectivity index (χ1n) is 5.58. The minimum atomic E-state index is 0.416. The van der Waals surface area contributed by atoms with Crippen molar-refractivity contribution in [1.82, 2.24) is 15.3 Å². The van der Waals surface area contributed by atoms with Gasteiger partial charge in [0.25, 0.3) is 0 Å². The molecule has 1 aliphatic carbocycles. The van der Waals surface area contributed by atoms with Gasteiger partial charge in [-0.3, -0.25) is 9.97 Å². The van der Waals surface area contributed by atoms with Crippen LogP contribution in [0.15, 0.2) is 18.6 Å². The van der Waals surface area contributed by atoms with E-state index >= 15 is 0 Å². The average molecular weight is 206 g/mol. The number of rotatable bonds is 3. The molecular formula is C11H18N4. The van der Waals surface area contributed by atoms with E-state index in [1.807, 2.05) is 6.20 Å². The van der Waals surface area contributed by atoms with E-state index in [0.717, 1.165) is 25.1 Å². The SMILES string of the molecule is NC1CCC(NCc2cnccn2)CC1. The molecule has 0 bridgehead atoms. The Hall–Kier alpha value is -1.00. The molecule has 4 nitrogen and oxygen atoms in total. The summed E-state index contributed by atoms with van der Waals surface area (Å²) < 4.78 is 0. The van der Waals surface area contributed by atoms with Crippen LogP contribution in [-0.4, -0.2) is 22.1 Å². The van der Waals surface area contributed by atoms with Gasteiger partial charge in [0.05, 0.1) is 5.69 Å². The predicted octanol–water partition coefficient (Wildman–Crippen LogP) is 0.836. The van der Waals surface area contributed by atoms with Crippen molar-refractivity contribution in [3.05, 3.63) is 24.3 Å². The van der Waals surface area contributed by atoms with Gasteiger partial charge in [-0.2, -0.15) is 0 Å². The first kappa shape index (κ1) is 10.5. The van der Waals surface area contributed by atoms with Gasteiger partial charge in [-0.1, -0.05) is 0 Å². The zero-order valence-corrected chi connectivity index (χ0v) is 8.89. The average Bonchev–Trinajstić information content (AvgIpc) is 2.30. The summed E-state index contributed by atoms with van der Waals surface area (Å²) >= 11 is 0. The summed E-state index contributed by atoms with van der Waals surface area (Å²) in [6, 6.07) is 1.02. The van der Waals surface area contributed by atoms with Crippen molar-refractivity contribution >= 4 is 0 Å². The van der Waals surface area contributed by atoms with Gasteiger partial charge in [0.15, 0.2) is 0 Å². The molecule has 4 heteroatoms. The molecule has 0 atom stereocenters. The zero-order chi connectivity index (χ0) is 10.5.